The zero-order valence-electron chi connectivity index (χ0n) is 24.9. The maximum absolute atomic E-state index is 15.1. The number of alkyl halides is 5. The third-order valence-electron chi connectivity index (χ3n) is 7.38. The summed E-state index contributed by atoms with van der Waals surface area (Å²) in [5, 5.41) is -0.896. The summed E-state index contributed by atoms with van der Waals surface area (Å²) in [6, 6.07) is 11.2. The Labute approximate surface area is 268 Å². The number of nitrogens with zero attached hydrogens (tertiary/aromatic N) is 1. The van der Waals surface area contributed by atoms with E-state index in [9.17, 15) is 22.0 Å². The summed E-state index contributed by atoms with van der Waals surface area (Å²) in [6.45, 7) is 2.09. The summed E-state index contributed by atoms with van der Waals surface area (Å²) in [4.78, 5) is 4.35. The molecule has 2 nitrogen and oxygen atoms in total. The highest BCUT2D eigenvalue weighted by atomic mass is 19.4. The Kier molecular flexibility index (Phi) is 9.71. The van der Waals surface area contributed by atoms with Gasteiger partial charge >= 0.3 is 12.3 Å². The second kappa shape index (κ2) is 13.6. The summed E-state index contributed by atoms with van der Waals surface area (Å²) in [5.41, 5.74) is -1.81. The lowest BCUT2D eigenvalue weighted by molar-refractivity contribution is -0.189. The molecule has 12 heteroatoms. The fourth-order valence-electron chi connectivity index (χ4n) is 5.06. The molecule has 0 atom stereocenters. The monoisotopic (exact) mass is 675 g/mol. The van der Waals surface area contributed by atoms with E-state index in [4.69, 9.17) is 0 Å². The smallest absolute Gasteiger partial charge is 0.429 e. The number of fused-ring (bicyclic) bond motifs is 1. The van der Waals surface area contributed by atoms with Crippen molar-refractivity contribution in [3.63, 3.8) is 0 Å². The van der Waals surface area contributed by atoms with Gasteiger partial charge in [-0.3, -0.25) is 4.98 Å². The van der Waals surface area contributed by atoms with Gasteiger partial charge in [0, 0.05) is 28.6 Å². The van der Waals surface area contributed by atoms with Gasteiger partial charge in [-0.25, -0.2) is 22.0 Å². The van der Waals surface area contributed by atoms with Gasteiger partial charge in [0.2, 0.25) is 0 Å². The number of rotatable bonds is 9. The summed E-state index contributed by atoms with van der Waals surface area (Å²) < 4.78 is 146. The third kappa shape index (κ3) is 7.56. The molecule has 48 heavy (non-hydrogen) atoms. The summed E-state index contributed by atoms with van der Waals surface area (Å²) in [5.74, 6) is -6.13. The van der Waals surface area contributed by atoms with E-state index < -0.39 is 69.0 Å². The van der Waals surface area contributed by atoms with Gasteiger partial charge in [0.05, 0.1) is 11.3 Å². The van der Waals surface area contributed by atoms with E-state index in [1.165, 1.54) is 18.1 Å². The summed E-state index contributed by atoms with van der Waals surface area (Å²) in [6.07, 6.45) is -4.01. The molecule has 0 amide bonds. The summed E-state index contributed by atoms with van der Waals surface area (Å²) >= 11 is 0. The Hall–Kier alpha value is -5.05. The molecule has 0 N–H and O–H groups in total. The normalized spacial score (nSPS) is 11.8. The number of aryl methyl sites for hydroxylation is 1. The highest BCUT2D eigenvalue weighted by Gasteiger charge is 2.41. The van der Waals surface area contributed by atoms with Gasteiger partial charge in [0.25, 0.3) is 0 Å². The predicted octanol–water partition coefficient (Wildman–Crippen LogP) is 11.0. The third-order valence-corrected chi connectivity index (χ3v) is 7.38. The SMILES string of the molecule is CCCCCc1ccc(-c2ccc(-c3cc(F)c(C(F)(F)Oc4ccc5c(F)c(C#CC(F)(F)F)c(F)cc5c4)c(F)c3)c(F)c2)nc1. The van der Waals surface area contributed by atoms with E-state index in [0.717, 1.165) is 55.4 Å². The molecule has 0 unspecified atom stereocenters. The van der Waals surface area contributed by atoms with Crippen LogP contribution in [0.15, 0.2) is 72.9 Å². The van der Waals surface area contributed by atoms with Gasteiger partial charge in [-0.1, -0.05) is 43.9 Å². The van der Waals surface area contributed by atoms with Crippen molar-refractivity contribution in [1.29, 1.82) is 0 Å². The number of halogens is 10. The second-order valence-electron chi connectivity index (χ2n) is 10.8. The standard InChI is InChI=1S/C36H23F10NO/c1-2-3-4-5-20-6-11-32(47-19-20)21-7-9-25(28(37)15-21)23-17-30(39)33(31(40)18-23)36(45,46)48-24-8-10-26-22(14-24)16-29(38)27(34(26)41)12-13-35(42,43)44/h6-11,14-19H,2-5H2,1H3. The first-order valence-electron chi connectivity index (χ1n) is 14.5. The van der Waals surface area contributed by atoms with Gasteiger partial charge in [0.1, 0.15) is 40.4 Å². The topological polar surface area (TPSA) is 22.1 Å². The number of unbranched alkanes of at least 4 members (excludes halogenated alkanes) is 2. The van der Waals surface area contributed by atoms with Crippen LogP contribution >= 0.6 is 0 Å². The van der Waals surface area contributed by atoms with E-state index in [1.54, 1.807) is 12.3 Å². The van der Waals surface area contributed by atoms with Crippen LogP contribution in [0.2, 0.25) is 0 Å². The van der Waals surface area contributed by atoms with Crippen molar-refractivity contribution in [3.05, 3.63) is 119 Å². The van der Waals surface area contributed by atoms with Crippen LogP contribution in [-0.4, -0.2) is 11.2 Å². The number of pyridine rings is 1. The van der Waals surface area contributed by atoms with Crippen molar-refractivity contribution < 1.29 is 48.6 Å². The van der Waals surface area contributed by atoms with Crippen molar-refractivity contribution in [2.75, 3.05) is 0 Å². The molecular weight excluding hydrogens is 652 g/mol. The Bertz CT molecular complexity index is 2020. The van der Waals surface area contributed by atoms with Gasteiger partial charge in [-0.2, -0.15) is 22.0 Å². The Morgan fingerprint density at radius 2 is 1.44 bits per heavy atom. The highest BCUT2D eigenvalue weighted by Crippen LogP contribution is 2.39. The average molecular weight is 676 g/mol. The summed E-state index contributed by atoms with van der Waals surface area (Å²) in [7, 11) is 0. The minimum Gasteiger partial charge on any atom is -0.429 e. The molecule has 0 aliphatic carbocycles. The molecule has 1 heterocycles. The van der Waals surface area contributed by atoms with E-state index >= 15 is 22.0 Å². The van der Waals surface area contributed by atoms with Crippen LogP contribution in [-0.2, 0) is 12.5 Å². The maximum atomic E-state index is 15.1. The quantitative estimate of drug-likeness (QED) is 0.0881. The minimum absolute atomic E-state index is 0.276. The number of hydrogen-bond acceptors (Lipinski definition) is 2. The van der Waals surface area contributed by atoms with Crippen molar-refractivity contribution >= 4 is 10.8 Å². The van der Waals surface area contributed by atoms with Crippen LogP contribution < -0.4 is 4.74 Å². The van der Waals surface area contributed by atoms with E-state index in [1.807, 2.05) is 6.07 Å². The fourth-order valence-corrected chi connectivity index (χ4v) is 5.06. The van der Waals surface area contributed by atoms with E-state index in [0.29, 0.717) is 35.5 Å². The largest absolute Gasteiger partial charge is 0.458 e. The molecule has 0 saturated carbocycles. The highest BCUT2D eigenvalue weighted by molar-refractivity contribution is 5.86. The van der Waals surface area contributed by atoms with E-state index in [-0.39, 0.29) is 11.1 Å². The fraction of sp³-hybridized carbons (Fsp3) is 0.194. The first-order valence-corrected chi connectivity index (χ1v) is 14.5. The molecule has 4 aromatic carbocycles. The maximum Gasteiger partial charge on any atom is 0.458 e. The first-order chi connectivity index (χ1) is 22.7. The lowest BCUT2D eigenvalue weighted by Crippen LogP contribution is -2.25. The molecule has 0 aliphatic rings. The molecule has 248 valence electrons. The van der Waals surface area contributed by atoms with Crippen LogP contribution in [0, 0.1) is 40.9 Å². The van der Waals surface area contributed by atoms with E-state index in [2.05, 4.69) is 16.6 Å². The second-order valence-corrected chi connectivity index (χ2v) is 10.8. The zero-order chi connectivity index (χ0) is 34.8. The first kappa shape index (κ1) is 34.3. The van der Waals surface area contributed by atoms with Gasteiger partial charge in [-0.05, 0) is 77.9 Å². The average Bonchev–Trinajstić information content (AvgIpc) is 3.00. The molecule has 0 saturated heterocycles. The molecule has 5 aromatic rings. The minimum atomic E-state index is -5.03. The predicted molar refractivity (Wildman–Crippen MR) is 160 cm³/mol. The van der Waals surface area contributed by atoms with Gasteiger partial charge in [-0.15, -0.1) is 0 Å². The zero-order valence-corrected chi connectivity index (χ0v) is 24.9. The molecular formula is C36H23F10NO. The van der Waals surface area contributed by atoms with Crippen LogP contribution in [0.1, 0.15) is 42.9 Å². The molecule has 0 aliphatic heterocycles. The molecule has 0 bridgehead atoms. The lowest BCUT2D eigenvalue weighted by atomic mass is 9.99. The number of hydrogen-bond donors (Lipinski definition) is 0. The lowest BCUT2D eigenvalue weighted by Gasteiger charge is -2.20. The number of benzene rings is 4. The molecule has 0 spiro atoms. The molecule has 0 radical (unpaired) electrons. The van der Waals surface area contributed by atoms with Crippen LogP contribution in [0.3, 0.4) is 0 Å². The number of ether oxygens (including phenoxy) is 1. The van der Waals surface area contributed by atoms with Crippen molar-refractivity contribution in [1.82, 2.24) is 4.98 Å². The number of aromatic nitrogens is 1. The van der Waals surface area contributed by atoms with Crippen molar-refractivity contribution in [2.24, 2.45) is 0 Å². The molecule has 5 rings (SSSR count). The Morgan fingerprint density at radius 3 is 2.06 bits per heavy atom. The van der Waals surface area contributed by atoms with Crippen LogP contribution in [0.4, 0.5) is 43.9 Å². The Morgan fingerprint density at radius 1 is 0.729 bits per heavy atom. The molecule has 1 aromatic heterocycles. The Balaban J connectivity index is 1.38. The van der Waals surface area contributed by atoms with Crippen molar-refractivity contribution in [3.8, 4) is 40.0 Å². The van der Waals surface area contributed by atoms with Crippen LogP contribution in [0.25, 0.3) is 33.2 Å². The van der Waals surface area contributed by atoms with Crippen LogP contribution in [0.5, 0.6) is 5.75 Å². The molecule has 0 fully saturated rings. The van der Waals surface area contributed by atoms with Gasteiger partial charge < -0.3 is 4.74 Å². The van der Waals surface area contributed by atoms with Gasteiger partial charge in [0.15, 0.2) is 0 Å². The van der Waals surface area contributed by atoms with Crippen molar-refractivity contribution in [2.45, 2.75) is 44.9 Å².